The molecule has 0 spiro atoms. The molecule has 0 bridgehead atoms. The molecule has 9 heteroatoms. The number of nitrogens with zero attached hydrogens (tertiary/aromatic N) is 6. The number of benzene rings is 8. The van der Waals surface area contributed by atoms with E-state index in [1.54, 1.807) is 0 Å². The van der Waals surface area contributed by atoms with Crippen LogP contribution in [-0.2, 0) is 0 Å². The largest absolute Gasteiger partial charge is 0.456 e. The van der Waals surface area contributed by atoms with Gasteiger partial charge in [0, 0.05) is 50.4 Å². The monoisotopic (exact) mass is 802 g/mol. The van der Waals surface area contributed by atoms with Crippen LogP contribution < -0.4 is 9.80 Å². The Kier molecular flexibility index (Phi) is 7.31. The zero-order valence-electron chi connectivity index (χ0n) is 32.2. The topological polar surface area (TPSA) is 84.3 Å². The number of hydrogen-bond acceptors (Lipinski definition) is 9. The van der Waals surface area contributed by atoms with Crippen molar-refractivity contribution in [2.24, 2.45) is 0 Å². The van der Waals surface area contributed by atoms with Crippen LogP contribution in [0.3, 0.4) is 0 Å². The molecule has 0 saturated carbocycles. The predicted octanol–water partition coefficient (Wildman–Crippen LogP) is 14.7. The lowest BCUT2D eigenvalue weighted by Crippen LogP contribution is -2.14. The number of rotatable bonds is 6. The molecule has 13 aromatic rings. The summed E-state index contributed by atoms with van der Waals surface area (Å²) in [5.74, 6) is 1.21. The van der Waals surface area contributed by atoms with Gasteiger partial charge in [-0.2, -0.15) is 4.98 Å². The molecule has 0 atom stereocenters. The third-order valence-electron chi connectivity index (χ3n) is 11.6. The zero-order valence-corrected chi connectivity index (χ0v) is 33.0. The van der Waals surface area contributed by atoms with Crippen molar-refractivity contribution in [2.45, 2.75) is 0 Å². The van der Waals surface area contributed by atoms with E-state index in [0.717, 1.165) is 104 Å². The maximum Gasteiger partial charge on any atom is 0.255 e. The first-order chi connectivity index (χ1) is 30.2. The van der Waals surface area contributed by atoms with Crippen molar-refractivity contribution in [3.63, 3.8) is 0 Å². The van der Waals surface area contributed by atoms with E-state index in [1.165, 1.54) is 16.7 Å². The molecule has 13 rings (SSSR count). The quantitative estimate of drug-likeness (QED) is 0.164. The van der Waals surface area contributed by atoms with Gasteiger partial charge >= 0.3 is 0 Å². The van der Waals surface area contributed by atoms with Crippen molar-refractivity contribution in [1.29, 1.82) is 0 Å². The Labute approximate surface area is 351 Å². The van der Waals surface area contributed by atoms with Gasteiger partial charge in [0.05, 0.1) is 11.4 Å². The summed E-state index contributed by atoms with van der Waals surface area (Å²) in [5, 5.41) is 19.4. The summed E-state index contributed by atoms with van der Waals surface area (Å²) in [7, 11) is 0. The Balaban J connectivity index is 0.961. The van der Waals surface area contributed by atoms with Crippen molar-refractivity contribution in [1.82, 2.24) is 20.2 Å². The van der Waals surface area contributed by atoms with Gasteiger partial charge in [-0.25, -0.2) is 4.98 Å². The summed E-state index contributed by atoms with van der Waals surface area (Å²) in [5.41, 5.74) is 7.69. The van der Waals surface area contributed by atoms with Crippen LogP contribution in [-0.4, -0.2) is 20.2 Å². The van der Waals surface area contributed by atoms with Crippen molar-refractivity contribution in [3.8, 4) is 0 Å². The zero-order chi connectivity index (χ0) is 40.0. The number of thiophene rings is 1. The molecule has 0 aliphatic heterocycles. The van der Waals surface area contributed by atoms with E-state index in [9.17, 15) is 0 Å². The normalized spacial score (nSPS) is 11.9. The first kappa shape index (κ1) is 33.8. The second-order valence-corrected chi connectivity index (χ2v) is 16.2. The maximum atomic E-state index is 6.37. The van der Waals surface area contributed by atoms with Gasteiger partial charge in [-0.15, -0.1) is 10.2 Å². The highest BCUT2D eigenvalue weighted by Crippen LogP contribution is 2.42. The van der Waals surface area contributed by atoms with Gasteiger partial charge in [0.25, 0.3) is 5.95 Å². The van der Waals surface area contributed by atoms with Gasteiger partial charge in [0.1, 0.15) is 38.5 Å². The molecule has 0 radical (unpaired) electrons. The lowest BCUT2D eigenvalue weighted by molar-refractivity contribution is 0.668. The van der Waals surface area contributed by atoms with E-state index in [-0.39, 0.29) is 0 Å². The van der Waals surface area contributed by atoms with Gasteiger partial charge in [-0.3, -0.25) is 9.80 Å². The van der Waals surface area contributed by atoms with E-state index in [4.69, 9.17) is 29.0 Å². The molecule has 61 heavy (non-hydrogen) atoms. The average molecular weight is 803 g/mol. The van der Waals surface area contributed by atoms with Crippen LogP contribution in [0.4, 0.5) is 34.5 Å². The van der Waals surface area contributed by atoms with E-state index >= 15 is 0 Å². The third kappa shape index (κ3) is 5.45. The lowest BCUT2D eigenvalue weighted by Gasteiger charge is -2.24. The fourth-order valence-corrected chi connectivity index (χ4v) is 9.65. The van der Waals surface area contributed by atoms with Crippen LogP contribution in [0.2, 0.25) is 0 Å². The first-order valence-corrected chi connectivity index (χ1v) is 20.8. The smallest absolute Gasteiger partial charge is 0.255 e. The first-order valence-electron chi connectivity index (χ1n) is 20.0. The number of pyridine rings is 1. The Bertz CT molecular complexity index is 3640. The second-order valence-electron chi connectivity index (χ2n) is 15.2. The SMILES string of the molecule is c1ccc2cc(N(c3ccc4c(c3)oc3ccccc34)c3ccc4c(n3)sc3nc(N(c5ccc6ccccc6c5)c5ccc6c(c5)oc5ccccc56)nnc34)ccc2c1. The lowest BCUT2D eigenvalue weighted by atomic mass is 10.1. The van der Waals surface area contributed by atoms with E-state index in [1.807, 2.05) is 47.4 Å². The van der Waals surface area contributed by atoms with Crippen LogP contribution >= 0.6 is 11.3 Å². The number of para-hydroxylation sites is 2. The molecular formula is C52H30N6O2S. The molecule has 286 valence electrons. The summed E-state index contributed by atoms with van der Waals surface area (Å²) < 4.78 is 12.7. The van der Waals surface area contributed by atoms with Crippen molar-refractivity contribution >= 4 is 132 Å². The fourth-order valence-electron chi connectivity index (χ4n) is 8.68. The summed E-state index contributed by atoms with van der Waals surface area (Å²) in [6.07, 6.45) is 0. The van der Waals surface area contributed by atoms with E-state index in [2.05, 4.69) is 144 Å². The minimum absolute atomic E-state index is 0.446. The highest BCUT2D eigenvalue weighted by Gasteiger charge is 2.23. The standard InChI is InChI=1S/C52H30N6O2S/c1-3-11-33-27-35(19-17-31(33)9-1)57(37-21-23-41-39-13-5-7-15-44(39)59-46(41)29-37)48-26-25-43-49-51(61-50(43)53-48)54-52(56-55-49)58(36-20-18-32-10-2-4-12-34(32)28-36)38-22-24-42-40-14-6-8-16-45(40)60-47(42)30-38/h1-30H. The number of furan rings is 2. The number of hydrogen-bond donors (Lipinski definition) is 0. The molecule has 0 N–H and O–H groups in total. The summed E-state index contributed by atoms with van der Waals surface area (Å²) in [6, 6.07) is 62.7. The Morgan fingerprint density at radius 3 is 1.49 bits per heavy atom. The van der Waals surface area contributed by atoms with Crippen molar-refractivity contribution in [2.75, 3.05) is 9.80 Å². The van der Waals surface area contributed by atoms with Crippen LogP contribution in [0.5, 0.6) is 0 Å². The number of fused-ring (bicyclic) bond motifs is 11. The van der Waals surface area contributed by atoms with Crippen molar-refractivity contribution < 1.29 is 8.83 Å². The highest BCUT2D eigenvalue weighted by molar-refractivity contribution is 7.25. The molecule has 0 unspecified atom stereocenters. The molecule has 0 saturated heterocycles. The van der Waals surface area contributed by atoms with Gasteiger partial charge in [-0.05, 0) is 94.3 Å². The second kappa shape index (κ2) is 13.2. The molecule has 0 amide bonds. The molecule has 0 aliphatic carbocycles. The molecule has 0 fully saturated rings. The minimum Gasteiger partial charge on any atom is -0.456 e. The molecule has 8 aromatic carbocycles. The molecule has 5 heterocycles. The average Bonchev–Trinajstić information content (AvgIpc) is 3.99. The number of anilines is 6. The Morgan fingerprint density at radius 1 is 0.361 bits per heavy atom. The molecule has 0 aliphatic rings. The van der Waals surface area contributed by atoms with E-state index < -0.39 is 0 Å². The molecule has 8 nitrogen and oxygen atoms in total. The van der Waals surface area contributed by atoms with Gasteiger partial charge in [-0.1, -0.05) is 108 Å². The van der Waals surface area contributed by atoms with E-state index in [0.29, 0.717) is 11.5 Å². The summed E-state index contributed by atoms with van der Waals surface area (Å²) >= 11 is 1.51. The summed E-state index contributed by atoms with van der Waals surface area (Å²) in [4.78, 5) is 16.3. The van der Waals surface area contributed by atoms with Crippen LogP contribution in [0, 0.1) is 0 Å². The predicted molar refractivity (Wildman–Crippen MR) is 249 cm³/mol. The van der Waals surface area contributed by atoms with Crippen molar-refractivity contribution in [3.05, 3.63) is 182 Å². The minimum atomic E-state index is 0.446. The Morgan fingerprint density at radius 2 is 0.852 bits per heavy atom. The summed E-state index contributed by atoms with van der Waals surface area (Å²) in [6.45, 7) is 0. The molecule has 5 aromatic heterocycles. The highest BCUT2D eigenvalue weighted by atomic mass is 32.1. The maximum absolute atomic E-state index is 6.37. The molecular weight excluding hydrogens is 773 g/mol. The fraction of sp³-hybridized carbons (Fsp3) is 0. The van der Waals surface area contributed by atoms with Crippen LogP contribution in [0.25, 0.3) is 86.0 Å². The van der Waals surface area contributed by atoms with Crippen LogP contribution in [0.15, 0.2) is 191 Å². The van der Waals surface area contributed by atoms with Gasteiger partial charge in [0.15, 0.2) is 4.83 Å². The Hall–Kier alpha value is -8.14. The van der Waals surface area contributed by atoms with Gasteiger partial charge in [0.2, 0.25) is 0 Å². The third-order valence-corrected chi connectivity index (χ3v) is 12.6. The number of aromatic nitrogens is 4. The van der Waals surface area contributed by atoms with Gasteiger partial charge < -0.3 is 8.83 Å². The van der Waals surface area contributed by atoms with Crippen LogP contribution in [0.1, 0.15) is 0 Å².